The Morgan fingerprint density at radius 1 is 1.47 bits per heavy atom. The summed E-state index contributed by atoms with van der Waals surface area (Å²) in [6.45, 7) is 5.94. The van der Waals surface area contributed by atoms with Crippen LogP contribution in [-0.4, -0.2) is 53.3 Å². The number of nitrogens with zero attached hydrogens (tertiary/aromatic N) is 1. The van der Waals surface area contributed by atoms with Crippen molar-refractivity contribution in [2.75, 3.05) is 20.3 Å². The van der Waals surface area contributed by atoms with E-state index in [1.54, 1.807) is 0 Å². The highest BCUT2D eigenvalue weighted by Crippen LogP contribution is 2.19. The van der Waals surface area contributed by atoms with E-state index in [0.29, 0.717) is 13.2 Å². The van der Waals surface area contributed by atoms with Crippen molar-refractivity contribution in [3.05, 3.63) is 0 Å². The maximum absolute atomic E-state index is 12.0. The van der Waals surface area contributed by atoms with Crippen molar-refractivity contribution >= 4 is 12.0 Å². The summed E-state index contributed by atoms with van der Waals surface area (Å²) in [6, 6.07) is -0.398. The molecule has 0 radical (unpaired) electrons. The minimum atomic E-state index is -1.24. The van der Waals surface area contributed by atoms with Gasteiger partial charge in [0.15, 0.2) is 0 Å². The molecule has 0 spiro atoms. The van der Waals surface area contributed by atoms with Crippen molar-refractivity contribution in [1.82, 2.24) is 10.2 Å². The smallest absolute Gasteiger partial charge is 0.329 e. The monoisotopic (exact) mass is 244 g/mol. The number of carboxylic acid groups (broad SMARTS) is 1. The van der Waals surface area contributed by atoms with Crippen LogP contribution in [0.1, 0.15) is 27.2 Å². The summed E-state index contributed by atoms with van der Waals surface area (Å²) in [5.74, 6) is -1.04. The Morgan fingerprint density at radius 3 is 2.47 bits per heavy atom. The highest BCUT2D eigenvalue weighted by Gasteiger charge is 2.38. The molecule has 0 aliphatic carbocycles. The highest BCUT2D eigenvalue weighted by molar-refractivity contribution is 5.85. The van der Waals surface area contributed by atoms with Gasteiger partial charge in [-0.25, -0.2) is 9.59 Å². The molecule has 1 fully saturated rings. The molecule has 1 atom stereocenters. The molecule has 1 unspecified atom stereocenters. The predicted octanol–water partition coefficient (Wildman–Crippen LogP) is 0.670. The van der Waals surface area contributed by atoms with Gasteiger partial charge in [0, 0.05) is 13.7 Å². The average Bonchev–Trinajstić information content (AvgIpc) is 2.63. The van der Waals surface area contributed by atoms with E-state index in [0.717, 1.165) is 6.42 Å². The van der Waals surface area contributed by atoms with Crippen LogP contribution < -0.4 is 5.32 Å². The van der Waals surface area contributed by atoms with Crippen molar-refractivity contribution < 1.29 is 19.4 Å². The summed E-state index contributed by atoms with van der Waals surface area (Å²) < 4.78 is 5.22. The summed E-state index contributed by atoms with van der Waals surface area (Å²) in [6.07, 6.45) is 0.736. The van der Waals surface area contributed by atoms with E-state index in [1.807, 2.05) is 6.92 Å². The van der Waals surface area contributed by atoms with Crippen molar-refractivity contribution in [2.45, 2.75) is 38.3 Å². The molecule has 6 heteroatoms. The van der Waals surface area contributed by atoms with Crippen LogP contribution in [0.4, 0.5) is 4.79 Å². The Balaban J connectivity index is 2.67. The van der Waals surface area contributed by atoms with Gasteiger partial charge in [0.1, 0.15) is 5.54 Å². The lowest BCUT2D eigenvalue weighted by molar-refractivity contribution is -0.146. The number of carboxylic acids is 1. The zero-order valence-electron chi connectivity index (χ0n) is 10.7. The van der Waals surface area contributed by atoms with E-state index in [-0.39, 0.29) is 0 Å². The second kappa shape index (κ2) is 4.52. The molecule has 1 aliphatic heterocycles. The average molecular weight is 244 g/mol. The van der Waals surface area contributed by atoms with Crippen molar-refractivity contribution in [2.24, 2.45) is 0 Å². The van der Waals surface area contributed by atoms with Gasteiger partial charge in [0.05, 0.1) is 12.1 Å². The lowest BCUT2D eigenvalue weighted by Gasteiger charge is -2.34. The number of carbonyl (C=O) groups excluding carboxylic acids is 1. The zero-order chi connectivity index (χ0) is 13.3. The van der Waals surface area contributed by atoms with Gasteiger partial charge in [0.25, 0.3) is 0 Å². The van der Waals surface area contributed by atoms with Gasteiger partial charge < -0.3 is 20.1 Å². The van der Waals surface area contributed by atoms with Crippen molar-refractivity contribution in [1.29, 1.82) is 0 Å². The Labute approximate surface area is 101 Å². The van der Waals surface area contributed by atoms with E-state index in [2.05, 4.69) is 5.32 Å². The molecular weight excluding hydrogens is 224 g/mol. The maximum atomic E-state index is 12.0. The minimum Gasteiger partial charge on any atom is -0.480 e. The molecule has 0 aromatic heterocycles. The molecule has 1 saturated heterocycles. The second-order valence-electron chi connectivity index (χ2n) is 5.22. The fraction of sp³-hybridized carbons (Fsp3) is 0.818. The first-order valence-electron chi connectivity index (χ1n) is 5.56. The summed E-state index contributed by atoms with van der Waals surface area (Å²) in [7, 11) is 1.47. The van der Waals surface area contributed by atoms with Crippen LogP contribution in [0.3, 0.4) is 0 Å². The molecule has 1 rings (SSSR count). The number of likely N-dealkylation sites (N-methyl/N-ethyl adjacent to an activating group) is 1. The molecule has 0 bridgehead atoms. The number of carbonyl (C=O) groups is 2. The van der Waals surface area contributed by atoms with Crippen LogP contribution in [0.2, 0.25) is 0 Å². The summed E-state index contributed by atoms with van der Waals surface area (Å²) in [5.41, 5.74) is -1.64. The maximum Gasteiger partial charge on any atom is 0.329 e. The van der Waals surface area contributed by atoms with Gasteiger partial charge >= 0.3 is 12.0 Å². The number of aliphatic carboxylic acids is 1. The third-order valence-corrected chi connectivity index (χ3v) is 3.29. The fourth-order valence-electron chi connectivity index (χ4n) is 1.50. The third-order valence-electron chi connectivity index (χ3n) is 3.29. The number of nitrogens with one attached hydrogen (secondary N) is 1. The Bertz CT molecular complexity index is 321. The number of hydrogen-bond donors (Lipinski definition) is 2. The first kappa shape index (κ1) is 13.8. The van der Waals surface area contributed by atoms with Crippen LogP contribution in [0.15, 0.2) is 0 Å². The third kappa shape index (κ3) is 2.88. The molecule has 98 valence electrons. The van der Waals surface area contributed by atoms with Gasteiger partial charge in [-0.1, -0.05) is 0 Å². The first-order chi connectivity index (χ1) is 7.69. The van der Waals surface area contributed by atoms with E-state index in [9.17, 15) is 9.59 Å². The van der Waals surface area contributed by atoms with Crippen LogP contribution in [0, 0.1) is 0 Å². The number of hydrogen-bond acceptors (Lipinski definition) is 3. The fourth-order valence-corrected chi connectivity index (χ4v) is 1.50. The molecule has 1 heterocycles. The van der Waals surface area contributed by atoms with Crippen LogP contribution in [0.5, 0.6) is 0 Å². The van der Waals surface area contributed by atoms with Gasteiger partial charge in [-0.05, 0) is 27.2 Å². The summed E-state index contributed by atoms with van der Waals surface area (Å²) in [4.78, 5) is 24.2. The van der Waals surface area contributed by atoms with E-state index in [4.69, 9.17) is 9.84 Å². The van der Waals surface area contributed by atoms with E-state index in [1.165, 1.54) is 25.8 Å². The molecule has 0 aromatic rings. The summed E-state index contributed by atoms with van der Waals surface area (Å²) >= 11 is 0. The van der Waals surface area contributed by atoms with Crippen molar-refractivity contribution in [3.63, 3.8) is 0 Å². The first-order valence-corrected chi connectivity index (χ1v) is 5.56. The minimum absolute atomic E-state index is 0.398. The molecule has 0 saturated carbocycles. The molecule has 2 amide bonds. The molecular formula is C11H20N2O4. The van der Waals surface area contributed by atoms with Crippen LogP contribution in [0.25, 0.3) is 0 Å². The lowest BCUT2D eigenvalue weighted by atomic mass is 10.0. The van der Waals surface area contributed by atoms with Crippen LogP contribution >= 0.6 is 0 Å². The Hall–Kier alpha value is -1.30. The van der Waals surface area contributed by atoms with Gasteiger partial charge in [0.2, 0.25) is 0 Å². The number of ether oxygens (including phenoxy) is 1. The number of amides is 2. The molecule has 6 nitrogen and oxygen atoms in total. The predicted molar refractivity (Wildman–Crippen MR) is 61.9 cm³/mol. The largest absolute Gasteiger partial charge is 0.480 e. The highest BCUT2D eigenvalue weighted by atomic mass is 16.5. The Morgan fingerprint density at radius 2 is 2.06 bits per heavy atom. The standard InChI is InChI=1S/C11H20N2O4/c1-10(2,8(14)15)13(4)9(16)12-11(3)5-6-17-7-11/h5-7H2,1-4H3,(H,12,16)(H,14,15). The quantitative estimate of drug-likeness (QED) is 0.764. The van der Waals surface area contributed by atoms with Crippen molar-refractivity contribution in [3.8, 4) is 0 Å². The number of urea groups is 1. The topological polar surface area (TPSA) is 78.9 Å². The van der Waals surface area contributed by atoms with Gasteiger partial charge in [-0.2, -0.15) is 0 Å². The van der Waals surface area contributed by atoms with E-state index >= 15 is 0 Å². The van der Waals surface area contributed by atoms with E-state index < -0.39 is 23.1 Å². The molecule has 1 aliphatic rings. The van der Waals surface area contributed by atoms with Gasteiger partial charge in [-0.3, -0.25) is 0 Å². The summed E-state index contributed by atoms with van der Waals surface area (Å²) in [5, 5.41) is 11.9. The zero-order valence-corrected chi connectivity index (χ0v) is 10.7. The molecule has 2 N–H and O–H groups in total. The molecule has 17 heavy (non-hydrogen) atoms. The van der Waals surface area contributed by atoms with Gasteiger partial charge in [-0.15, -0.1) is 0 Å². The Kier molecular flexibility index (Phi) is 3.66. The molecule has 0 aromatic carbocycles. The second-order valence-corrected chi connectivity index (χ2v) is 5.22. The normalized spacial score (nSPS) is 24.5. The SMILES string of the molecule is CN(C(=O)NC1(C)CCOC1)C(C)(C)C(=O)O. The lowest BCUT2D eigenvalue weighted by Crippen LogP contribution is -2.58. The number of rotatable bonds is 3. The van der Waals surface area contributed by atoms with Crippen LogP contribution in [-0.2, 0) is 9.53 Å².